The summed E-state index contributed by atoms with van der Waals surface area (Å²) in [5, 5.41) is 30.4. The van der Waals surface area contributed by atoms with E-state index >= 15 is 0 Å². The Labute approximate surface area is 287 Å². The molecule has 3 rings (SSSR count). The fourth-order valence-electron chi connectivity index (χ4n) is 1.58. The first-order valence-electron chi connectivity index (χ1n) is 10.1. The van der Waals surface area contributed by atoms with E-state index in [-0.39, 0.29) is 37.3 Å². The number of rotatable bonds is 6. The average Bonchev–Trinajstić information content (AvgIpc) is 3.72. The quantitative estimate of drug-likeness (QED) is 0.195. The summed E-state index contributed by atoms with van der Waals surface area (Å²) in [5.74, 6) is 1.20. The van der Waals surface area contributed by atoms with Gasteiger partial charge in [-0.25, -0.2) is 0 Å². The van der Waals surface area contributed by atoms with E-state index < -0.39 is 0 Å². The maximum absolute atomic E-state index is 8.42. The zero-order valence-corrected chi connectivity index (χ0v) is 31.9. The van der Waals surface area contributed by atoms with Gasteiger partial charge in [-0.1, -0.05) is 19.6 Å². The Hall–Kier alpha value is 1.69. The monoisotopic (exact) mass is 814 g/mol. The smallest absolute Gasteiger partial charge is 0 e. The second-order valence-corrected chi connectivity index (χ2v) is 17.7. The van der Waals surface area contributed by atoms with Crippen molar-refractivity contribution in [2.45, 2.75) is 29.8 Å². The molecular weight excluding hydrogens is 781 g/mol. The SMILES string of the molecule is C.CSC.ClCc1ccc(CCl)s1.N#C[Se]Cc1ccc(C[Se]C#N)s1.N#C[Se][K].[2H][3H].c1ccsc1. The van der Waals surface area contributed by atoms with Crippen LogP contribution in [0.1, 0.15) is 29.9 Å². The molecule has 0 saturated heterocycles. The van der Waals surface area contributed by atoms with Crippen molar-refractivity contribution in [3.63, 3.8) is 0 Å². The average molecular weight is 813 g/mol. The van der Waals surface area contributed by atoms with E-state index in [1.165, 1.54) is 19.5 Å². The van der Waals surface area contributed by atoms with Gasteiger partial charge >= 0.3 is 155 Å². The first kappa shape index (κ1) is 38.8. The van der Waals surface area contributed by atoms with Gasteiger partial charge in [-0.2, -0.15) is 23.1 Å². The van der Waals surface area contributed by atoms with Crippen molar-refractivity contribution in [2.75, 3.05) is 12.5 Å². The Kier molecular flexibility index (Phi) is 37.4. The van der Waals surface area contributed by atoms with Crippen LogP contribution in [0.15, 0.2) is 47.2 Å². The summed E-state index contributed by atoms with van der Waals surface area (Å²) < 4.78 is 10.0. The fraction of sp³-hybridized carbons (Fsp3) is 0.318. The predicted molar refractivity (Wildman–Crippen MR) is 168 cm³/mol. The molecule has 3 aromatic rings. The molecule has 0 aliphatic heterocycles. The van der Waals surface area contributed by atoms with Crippen LogP contribution >= 0.6 is 69.0 Å². The molecule has 13 heteroatoms. The summed E-state index contributed by atoms with van der Waals surface area (Å²) >= 11 is 19.0. The van der Waals surface area contributed by atoms with Crippen molar-refractivity contribution in [1.82, 2.24) is 0 Å². The topological polar surface area (TPSA) is 71.4 Å². The van der Waals surface area contributed by atoms with Crippen molar-refractivity contribution in [3.8, 4) is 14.9 Å². The van der Waals surface area contributed by atoms with Crippen LogP contribution in [0.3, 0.4) is 0 Å². The van der Waals surface area contributed by atoms with Crippen LogP contribution in [-0.4, -0.2) is 93.4 Å². The normalized spacial score (nSPS) is 8.43. The summed E-state index contributed by atoms with van der Waals surface area (Å²) in [6.07, 6.45) is 4.08. The van der Waals surface area contributed by atoms with Gasteiger partial charge in [-0.3, -0.25) is 0 Å². The first-order chi connectivity index (χ1) is 17.6. The van der Waals surface area contributed by atoms with Crippen LogP contribution in [0.2, 0.25) is 0 Å². The maximum Gasteiger partial charge on any atom is 0 e. The fourth-order valence-corrected chi connectivity index (χ4v) is 6.61. The molecule has 3 aromatic heterocycles. The van der Waals surface area contributed by atoms with E-state index in [1.807, 2.05) is 47.5 Å². The van der Waals surface area contributed by atoms with Crippen LogP contribution in [-0.2, 0) is 22.4 Å². The minimum Gasteiger partial charge on any atom is -0.152 e. The molecule has 0 saturated carbocycles. The van der Waals surface area contributed by atoms with E-state index in [9.17, 15) is 0 Å². The van der Waals surface area contributed by atoms with Gasteiger partial charge < -0.3 is 0 Å². The predicted octanol–water partition coefficient (Wildman–Crippen LogP) is 7.21. The van der Waals surface area contributed by atoms with Gasteiger partial charge in [0.15, 0.2) is 0 Å². The number of halogens is 2. The second kappa shape index (κ2) is 33.7. The summed E-state index contributed by atoms with van der Waals surface area (Å²) in [4.78, 5) is 11.4. The third-order valence-electron chi connectivity index (χ3n) is 2.77. The van der Waals surface area contributed by atoms with Gasteiger partial charge in [0.2, 0.25) is 0 Å². The van der Waals surface area contributed by atoms with Gasteiger partial charge in [-0.15, -0.1) is 34.5 Å². The van der Waals surface area contributed by atoms with Crippen molar-refractivity contribution < 1.29 is 2.97 Å². The van der Waals surface area contributed by atoms with Crippen LogP contribution in [0.25, 0.3) is 0 Å². The van der Waals surface area contributed by atoms with Crippen LogP contribution in [0.4, 0.5) is 0 Å². The molecule has 0 radical (unpaired) electrons. The molecule has 3 nitrogen and oxygen atoms in total. The molecule has 188 valence electrons. The van der Waals surface area contributed by atoms with Gasteiger partial charge in [0.25, 0.3) is 0 Å². The van der Waals surface area contributed by atoms with Crippen LogP contribution < -0.4 is 0 Å². The van der Waals surface area contributed by atoms with Crippen LogP contribution in [0.5, 0.6) is 0 Å². The summed E-state index contributed by atoms with van der Waals surface area (Å²) in [7, 11) is 0. The molecular formula is C22H28Cl2KN3S4Se3. The molecule has 0 fully saturated rings. The number of thiophene rings is 3. The summed E-state index contributed by atoms with van der Waals surface area (Å²) in [5.41, 5.74) is 0.410. The molecule has 0 aliphatic rings. The Morgan fingerprint density at radius 3 is 1.46 bits per heavy atom. The molecule has 0 N–H and O–H groups in total. The second-order valence-electron chi connectivity index (χ2n) is 5.26. The molecule has 0 unspecified atom stereocenters. The van der Waals surface area contributed by atoms with E-state index in [0.717, 1.165) is 56.0 Å². The Bertz CT molecular complexity index is 895. The summed E-state index contributed by atoms with van der Waals surface area (Å²) in [6.45, 7) is 0. The van der Waals surface area contributed by atoms with Crippen molar-refractivity contribution >= 4 is 150 Å². The van der Waals surface area contributed by atoms with Gasteiger partial charge in [0.05, 0.1) is 11.8 Å². The number of hydrogen-bond acceptors (Lipinski definition) is 7. The van der Waals surface area contributed by atoms with E-state index in [2.05, 4.69) is 27.0 Å². The standard InChI is InChI=1S/C8H6N2SSe2.C6H6Cl2S.C4H4S.C2H6S.CHNSe.CH4.K.H2/c9-5-12-3-7-1-2-8(11-7)4-13-6-10;7-3-5-1-2-6(4-8)9-5;1-2-4-5-3-1;1-3-2;2-1-3;;;/h1-2H,3-4H2;1-2H,3-4H2;1-4H;1-2H3;3H;1H4;;1H/q;;;;;;+1;/p-1/i;;;;;;;1+2D. The number of nitrogens with zero attached hydrogens (tertiary/aromatic N) is 3. The van der Waals surface area contributed by atoms with Gasteiger partial charge in [0.1, 0.15) is 0 Å². The van der Waals surface area contributed by atoms with Gasteiger partial charge in [0, 0.05) is 12.7 Å². The first-order valence-corrected chi connectivity index (χ1v) is 27.8. The van der Waals surface area contributed by atoms with E-state index in [0.29, 0.717) is 17.4 Å². The number of alkyl halides is 2. The largest absolute Gasteiger partial charge is 0.152 e. The minimum absolute atomic E-state index is 0. The van der Waals surface area contributed by atoms with E-state index in [1.54, 1.807) is 45.8 Å². The minimum atomic E-state index is 0. The third-order valence-corrected chi connectivity index (χ3v) is 11.6. The van der Waals surface area contributed by atoms with E-state index in [4.69, 9.17) is 42.0 Å². The molecule has 0 aliphatic carbocycles. The van der Waals surface area contributed by atoms with Crippen molar-refractivity contribution in [1.29, 1.82) is 15.8 Å². The number of thioether (sulfide) groups is 1. The van der Waals surface area contributed by atoms with Crippen molar-refractivity contribution in [2.24, 2.45) is 0 Å². The molecule has 0 atom stereocenters. The molecule has 0 aromatic carbocycles. The molecule has 0 amide bonds. The van der Waals surface area contributed by atoms with Crippen LogP contribution in [0, 0.1) is 30.7 Å². The zero-order chi connectivity index (χ0) is 27.9. The summed E-state index contributed by atoms with van der Waals surface area (Å²) in [6, 6.07) is 12.2. The van der Waals surface area contributed by atoms with Crippen molar-refractivity contribution in [3.05, 3.63) is 66.7 Å². The maximum atomic E-state index is 8.42. The van der Waals surface area contributed by atoms with Gasteiger partial charge in [-0.05, 0) is 35.4 Å². The Balaban J connectivity index is -0.000000198. The zero-order valence-electron chi connectivity index (χ0n) is 20.9. The molecule has 0 bridgehead atoms. The molecule has 3 heterocycles. The third kappa shape index (κ3) is 28.5. The number of nitriles is 3. The number of hydrogen-bond donors (Lipinski definition) is 0. The Morgan fingerprint density at radius 1 is 0.886 bits per heavy atom. The Morgan fingerprint density at radius 2 is 1.23 bits per heavy atom. The molecule has 0 spiro atoms. The molecule has 35 heavy (non-hydrogen) atoms.